The van der Waals surface area contributed by atoms with E-state index in [0.717, 1.165) is 43.6 Å². The maximum absolute atomic E-state index is 14.8. The molecule has 51 heavy (non-hydrogen) atoms. The lowest BCUT2D eigenvalue weighted by Gasteiger charge is -2.46. The number of nitrogens with zero attached hydrogens (tertiary/aromatic N) is 5. The third-order valence-corrected chi connectivity index (χ3v) is 10.3. The van der Waals surface area contributed by atoms with Gasteiger partial charge in [0.1, 0.15) is 17.0 Å². The summed E-state index contributed by atoms with van der Waals surface area (Å²) < 4.78 is 17.9. The second-order valence-corrected chi connectivity index (χ2v) is 17.4. The van der Waals surface area contributed by atoms with Crippen LogP contribution in [0.3, 0.4) is 0 Å². The van der Waals surface area contributed by atoms with Gasteiger partial charge in [0.15, 0.2) is 6.23 Å². The number of benzene rings is 1. The van der Waals surface area contributed by atoms with E-state index in [0.29, 0.717) is 44.4 Å². The average Bonchev–Trinajstić information content (AvgIpc) is 3.98. The summed E-state index contributed by atoms with van der Waals surface area (Å²) in [4.78, 5) is 52.0. The minimum atomic E-state index is -0.872. The van der Waals surface area contributed by atoms with E-state index >= 15 is 0 Å². The second-order valence-electron chi connectivity index (χ2n) is 17.4. The van der Waals surface area contributed by atoms with Crippen molar-refractivity contribution in [1.29, 1.82) is 0 Å². The zero-order valence-corrected chi connectivity index (χ0v) is 32.7. The van der Waals surface area contributed by atoms with Gasteiger partial charge in [-0.25, -0.2) is 4.79 Å². The number of piperidine rings is 1. The molecule has 3 aliphatic heterocycles. The first-order chi connectivity index (χ1) is 23.9. The van der Waals surface area contributed by atoms with Crippen LogP contribution in [0.4, 0.5) is 16.2 Å². The standard InChI is InChI=1S/C39H63N5O7/c1-11-49-25-39(21-26(2)3)24-43(39)33(45)27-19-28(23-41(22-27)36(48)51-37(4,5)6)34(46)44(29-13-14-29)30-15-16-32-31(20-30)42(18-12-17-40(9)10)35(47)38(7,8)50-32/h15-16,20,26-29,35,47H,11-14,17-19,21-25H2,1-10H3/t27-,28+,35?,39+,43?/m0/s1. The molecule has 12 heteroatoms. The van der Waals surface area contributed by atoms with E-state index in [1.165, 1.54) is 0 Å². The number of aliphatic hydroxyl groups excluding tert-OH is 1. The number of aliphatic hydroxyl groups is 1. The molecule has 1 aromatic carbocycles. The Morgan fingerprint density at radius 1 is 1.10 bits per heavy atom. The fourth-order valence-corrected chi connectivity index (χ4v) is 7.79. The fraction of sp³-hybridized carbons (Fsp3) is 0.769. The molecular weight excluding hydrogens is 650 g/mol. The first-order valence-electron chi connectivity index (χ1n) is 19.0. The minimum absolute atomic E-state index is 0.0201. The molecule has 286 valence electrons. The molecular formula is C39H63N5O7. The monoisotopic (exact) mass is 713 g/mol. The van der Waals surface area contributed by atoms with Crippen molar-refractivity contribution in [2.75, 3.05) is 69.8 Å². The van der Waals surface area contributed by atoms with E-state index in [-0.39, 0.29) is 36.5 Å². The highest BCUT2D eigenvalue weighted by atomic mass is 16.6. The van der Waals surface area contributed by atoms with Gasteiger partial charge in [-0.2, -0.15) is 0 Å². The quantitative estimate of drug-likeness (QED) is 0.283. The first-order valence-corrected chi connectivity index (χ1v) is 19.0. The third kappa shape index (κ3) is 9.11. The van der Waals surface area contributed by atoms with Crippen LogP contribution in [0.5, 0.6) is 5.75 Å². The zero-order chi connectivity index (χ0) is 37.5. The summed E-state index contributed by atoms with van der Waals surface area (Å²) in [5, 5.41) is 11.4. The van der Waals surface area contributed by atoms with Crippen LogP contribution >= 0.6 is 0 Å². The number of rotatable bonds is 13. The van der Waals surface area contributed by atoms with E-state index in [1.54, 1.807) is 4.90 Å². The van der Waals surface area contributed by atoms with Crippen molar-refractivity contribution >= 4 is 29.3 Å². The summed E-state index contributed by atoms with van der Waals surface area (Å²) in [6, 6.07) is 5.79. The van der Waals surface area contributed by atoms with Gasteiger partial charge in [-0.15, -0.1) is 0 Å². The second kappa shape index (κ2) is 15.1. The minimum Gasteiger partial charge on any atom is -0.481 e. The van der Waals surface area contributed by atoms with E-state index < -0.39 is 35.4 Å². The van der Waals surface area contributed by atoms with Crippen LogP contribution in [0.15, 0.2) is 18.2 Å². The summed E-state index contributed by atoms with van der Waals surface area (Å²) in [6.07, 6.45) is 2.38. The Morgan fingerprint density at radius 2 is 1.78 bits per heavy atom. The Hall–Kier alpha value is -3.09. The Kier molecular flexibility index (Phi) is 11.6. The smallest absolute Gasteiger partial charge is 0.410 e. The zero-order valence-electron chi connectivity index (χ0n) is 32.7. The largest absolute Gasteiger partial charge is 0.481 e. The highest BCUT2D eigenvalue weighted by molar-refractivity contribution is 5.98. The van der Waals surface area contributed by atoms with Crippen LogP contribution in [0.2, 0.25) is 0 Å². The fourth-order valence-electron chi connectivity index (χ4n) is 7.79. The number of anilines is 2. The lowest BCUT2D eigenvalue weighted by atomic mass is 9.87. The molecule has 12 nitrogen and oxygen atoms in total. The van der Waals surface area contributed by atoms with Gasteiger partial charge in [0, 0.05) is 44.5 Å². The van der Waals surface area contributed by atoms with Crippen molar-refractivity contribution in [3.63, 3.8) is 0 Å². The van der Waals surface area contributed by atoms with Crippen LogP contribution in [0, 0.1) is 17.8 Å². The predicted molar refractivity (Wildman–Crippen MR) is 198 cm³/mol. The number of hydrogen-bond acceptors (Lipinski definition) is 9. The molecule has 1 saturated carbocycles. The van der Waals surface area contributed by atoms with Crippen LogP contribution in [-0.4, -0.2) is 127 Å². The van der Waals surface area contributed by atoms with Crippen molar-refractivity contribution < 1.29 is 33.7 Å². The summed E-state index contributed by atoms with van der Waals surface area (Å²) in [5.41, 5.74) is -0.413. The highest BCUT2D eigenvalue weighted by Crippen LogP contribution is 2.45. The Morgan fingerprint density at radius 3 is 2.39 bits per heavy atom. The molecule has 4 atom stereocenters. The molecule has 0 bridgehead atoms. The van der Waals surface area contributed by atoms with Crippen LogP contribution < -0.4 is 14.5 Å². The van der Waals surface area contributed by atoms with Crippen molar-refractivity contribution in [2.24, 2.45) is 17.8 Å². The summed E-state index contributed by atoms with van der Waals surface area (Å²) in [6.45, 7) is 19.0. The molecule has 5 rings (SSSR count). The molecule has 2 saturated heterocycles. The number of carbonyl (C=O) groups excluding carboxylic acids is 3. The van der Waals surface area contributed by atoms with Gasteiger partial charge in [-0.05, 0) is 118 Å². The number of ether oxygens (including phenoxy) is 3. The number of likely N-dealkylation sites (tertiary alicyclic amines) is 1. The summed E-state index contributed by atoms with van der Waals surface area (Å²) in [5.74, 6) is -0.230. The van der Waals surface area contributed by atoms with E-state index in [1.807, 2.05) is 88.5 Å². The SMILES string of the molecule is CCOC[C@@]1(CC(C)C)CN1C(=O)[C@H]1C[C@@H](C(=O)N(c2ccc3c(c2)N(CCCN(C)C)C(O)C(C)(C)O3)C2CC2)CN(C(=O)OC(C)(C)C)C1. The maximum Gasteiger partial charge on any atom is 0.410 e. The Balaban J connectivity index is 1.43. The van der Waals surface area contributed by atoms with Crippen molar-refractivity contribution in [2.45, 2.75) is 117 Å². The molecule has 3 heterocycles. The molecule has 0 radical (unpaired) electrons. The van der Waals surface area contributed by atoms with Crippen LogP contribution in [0.1, 0.15) is 87.5 Å². The van der Waals surface area contributed by atoms with Crippen LogP contribution in [-0.2, 0) is 19.1 Å². The molecule has 1 unspecified atom stereocenters. The lowest BCUT2D eigenvalue weighted by Crippen LogP contribution is -2.56. The number of hydrogen-bond donors (Lipinski definition) is 1. The molecule has 4 aliphatic rings. The van der Waals surface area contributed by atoms with E-state index in [9.17, 15) is 19.5 Å². The molecule has 0 aromatic heterocycles. The average molecular weight is 714 g/mol. The molecule has 3 fully saturated rings. The van der Waals surface area contributed by atoms with Gasteiger partial charge in [-0.1, -0.05) is 13.8 Å². The van der Waals surface area contributed by atoms with Gasteiger partial charge in [-0.3, -0.25) is 9.59 Å². The Bertz CT molecular complexity index is 1420. The maximum atomic E-state index is 14.8. The molecule has 3 amide bonds. The third-order valence-electron chi connectivity index (χ3n) is 10.3. The van der Waals surface area contributed by atoms with Gasteiger partial charge in [0.05, 0.1) is 29.7 Å². The Labute approximate surface area is 305 Å². The molecule has 1 N–H and O–H groups in total. The van der Waals surface area contributed by atoms with Crippen LogP contribution in [0.25, 0.3) is 0 Å². The van der Waals surface area contributed by atoms with Crippen molar-refractivity contribution in [3.8, 4) is 5.75 Å². The normalized spacial score (nSPS) is 25.8. The van der Waals surface area contributed by atoms with Crippen molar-refractivity contribution in [3.05, 3.63) is 18.2 Å². The van der Waals surface area contributed by atoms with Gasteiger partial charge in [0.25, 0.3) is 0 Å². The van der Waals surface area contributed by atoms with E-state index in [4.69, 9.17) is 14.2 Å². The van der Waals surface area contributed by atoms with E-state index in [2.05, 4.69) is 18.7 Å². The topological polar surface area (TPSA) is 115 Å². The van der Waals surface area contributed by atoms with Gasteiger partial charge in [0.2, 0.25) is 11.8 Å². The molecule has 0 spiro atoms. The predicted octanol–water partition coefficient (Wildman–Crippen LogP) is 4.97. The molecule has 1 aliphatic carbocycles. The van der Waals surface area contributed by atoms with Gasteiger partial charge < -0.3 is 43.8 Å². The summed E-state index contributed by atoms with van der Waals surface area (Å²) in [7, 11) is 4.06. The van der Waals surface area contributed by atoms with Crippen molar-refractivity contribution in [1.82, 2.24) is 14.7 Å². The van der Waals surface area contributed by atoms with Gasteiger partial charge >= 0.3 is 6.09 Å². The number of carbonyl (C=O) groups is 3. The lowest BCUT2D eigenvalue weighted by molar-refractivity contribution is -0.136. The summed E-state index contributed by atoms with van der Waals surface area (Å²) >= 11 is 0. The highest BCUT2D eigenvalue weighted by Gasteiger charge is 2.57. The first kappa shape index (κ1) is 39.1. The number of amides is 3. The molecule has 1 aromatic rings. The number of fused-ring (bicyclic) bond motifs is 1.